The van der Waals surface area contributed by atoms with Gasteiger partial charge in [-0.05, 0) is 66.0 Å². The number of furan rings is 1. The van der Waals surface area contributed by atoms with Gasteiger partial charge in [0.15, 0.2) is 0 Å². The van der Waals surface area contributed by atoms with E-state index in [1.54, 1.807) is 12.3 Å². The molecular weight excluding hydrogens is 309 g/mol. The lowest BCUT2D eigenvalue weighted by molar-refractivity contribution is 0.495. The lowest BCUT2D eigenvalue weighted by atomic mass is 10.1. The number of benzene rings is 1. The zero-order chi connectivity index (χ0) is 13.8. The largest absolute Gasteiger partial charge is 0.469 e. The SMILES string of the molecule is Cc1cc(F)c(Br)cc1NC(C)CCc1ccco1. The van der Waals surface area contributed by atoms with Gasteiger partial charge in [-0.3, -0.25) is 0 Å². The number of aryl methyl sites for hydroxylation is 2. The van der Waals surface area contributed by atoms with E-state index >= 15 is 0 Å². The van der Waals surface area contributed by atoms with E-state index in [0.717, 1.165) is 29.9 Å². The summed E-state index contributed by atoms with van der Waals surface area (Å²) in [6.07, 6.45) is 3.54. The van der Waals surface area contributed by atoms with Crippen molar-refractivity contribution in [2.75, 3.05) is 5.32 Å². The number of nitrogens with one attached hydrogen (secondary N) is 1. The van der Waals surface area contributed by atoms with Gasteiger partial charge in [-0.25, -0.2) is 4.39 Å². The average Bonchev–Trinajstić information content (AvgIpc) is 2.86. The topological polar surface area (TPSA) is 25.2 Å². The van der Waals surface area contributed by atoms with Crippen molar-refractivity contribution in [3.05, 3.63) is 52.1 Å². The van der Waals surface area contributed by atoms with Gasteiger partial charge < -0.3 is 9.73 Å². The summed E-state index contributed by atoms with van der Waals surface area (Å²) in [5, 5.41) is 3.40. The maximum atomic E-state index is 13.3. The first-order valence-corrected chi connectivity index (χ1v) is 7.10. The predicted molar refractivity (Wildman–Crippen MR) is 79.0 cm³/mol. The third-order valence-electron chi connectivity index (χ3n) is 3.07. The average molecular weight is 326 g/mol. The Morgan fingerprint density at radius 2 is 2.21 bits per heavy atom. The van der Waals surface area contributed by atoms with Gasteiger partial charge in [0.1, 0.15) is 11.6 Å². The Hall–Kier alpha value is -1.29. The summed E-state index contributed by atoms with van der Waals surface area (Å²) >= 11 is 3.21. The molecule has 1 unspecified atom stereocenters. The van der Waals surface area contributed by atoms with Gasteiger partial charge in [0.05, 0.1) is 10.7 Å². The molecule has 0 aliphatic rings. The number of anilines is 1. The number of rotatable bonds is 5. The number of halogens is 2. The van der Waals surface area contributed by atoms with E-state index in [0.29, 0.717) is 10.5 Å². The third-order valence-corrected chi connectivity index (χ3v) is 3.68. The highest BCUT2D eigenvalue weighted by Crippen LogP contribution is 2.25. The fourth-order valence-corrected chi connectivity index (χ4v) is 2.30. The molecule has 0 fully saturated rings. The molecule has 0 aliphatic heterocycles. The molecule has 2 nitrogen and oxygen atoms in total. The van der Waals surface area contributed by atoms with Gasteiger partial charge in [0.25, 0.3) is 0 Å². The monoisotopic (exact) mass is 325 g/mol. The van der Waals surface area contributed by atoms with Gasteiger partial charge in [0, 0.05) is 18.2 Å². The molecule has 0 radical (unpaired) electrons. The smallest absolute Gasteiger partial charge is 0.137 e. The summed E-state index contributed by atoms with van der Waals surface area (Å²) in [5.74, 6) is 0.761. The molecule has 1 atom stereocenters. The molecule has 1 aromatic heterocycles. The van der Waals surface area contributed by atoms with E-state index < -0.39 is 0 Å². The van der Waals surface area contributed by atoms with Crippen LogP contribution in [0.5, 0.6) is 0 Å². The van der Waals surface area contributed by atoms with Crippen LogP contribution in [-0.2, 0) is 6.42 Å². The normalized spacial score (nSPS) is 12.4. The molecule has 0 amide bonds. The zero-order valence-corrected chi connectivity index (χ0v) is 12.6. The Labute approximate surface area is 121 Å². The molecule has 1 aromatic carbocycles. The van der Waals surface area contributed by atoms with Crippen LogP contribution in [0.1, 0.15) is 24.7 Å². The van der Waals surface area contributed by atoms with Crippen LogP contribution in [0.4, 0.5) is 10.1 Å². The second kappa shape index (κ2) is 6.24. The van der Waals surface area contributed by atoms with Gasteiger partial charge in [-0.15, -0.1) is 0 Å². The Bertz CT molecular complexity index is 539. The molecule has 1 N–H and O–H groups in total. The fraction of sp³-hybridized carbons (Fsp3) is 0.333. The summed E-state index contributed by atoms with van der Waals surface area (Å²) in [6.45, 7) is 4.01. The standard InChI is InChI=1S/C15H17BrFNO/c1-10-8-14(17)13(16)9-15(10)18-11(2)5-6-12-4-3-7-19-12/h3-4,7-9,11,18H,5-6H2,1-2H3. The van der Waals surface area contributed by atoms with Crippen LogP contribution in [0.15, 0.2) is 39.4 Å². The van der Waals surface area contributed by atoms with E-state index in [2.05, 4.69) is 28.2 Å². The molecule has 19 heavy (non-hydrogen) atoms. The van der Waals surface area contributed by atoms with E-state index in [1.807, 2.05) is 19.1 Å². The molecule has 102 valence electrons. The summed E-state index contributed by atoms with van der Waals surface area (Å²) in [7, 11) is 0. The van der Waals surface area contributed by atoms with Crippen molar-refractivity contribution in [2.45, 2.75) is 32.7 Å². The molecule has 2 aromatic rings. The van der Waals surface area contributed by atoms with Gasteiger partial charge in [0.2, 0.25) is 0 Å². The quantitative estimate of drug-likeness (QED) is 0.843. The van der Waals surface area contributed by atoms with Crippen LogP contribution >= 0.6 is 15.9 Å². The van der Waals surface area contributed by atoms with Crippen molar-refractivity contribution in [3.63, 3.8) is 0 Å². The lowest BCUT2D eigenvalue weighted by Crippen LogP contribution is -2.16. The second-order valence-corrected chi connectivity index (χ2v) is 5.60. The number of hydrogen-bond donors (Lipinski definition) is 1. The van der Waals surface area contributed by atoms with E-state index in [4.69, 9.17) is 4.42 Å². The molecule has 1 heterocycles. The van der Waals surface area contributed by atoms with Gasteiger partial charge >= 0.3 is 0 Å². The summed E-state index contributed by atoms with van der Waals surface area (Å²) < 4.78 is 19.1. The maximum Gasteiger partial charge on any atom is 0.137 e. The molecule has 0 spiro atoms. The van der Waals surface area contributed by atoms with Crippen LogP contribution in [0.25, 0.3) is 0 Å². The van der Waals surface area contributed by atoms with Crippen molar-refractivity contribution in [2.24, 2.45) is 0 Å². The van der Waals surface area contributed by atoms with Crippen molar-refractivity contribution in [1.82, 2.24) is 0 Å². The van der Waals surface area contributed by atoms with E-state index in [9.17, 15) is 4.39 Å². The Kier molecular flexibility index (Phi) is 4.64. The second-order valence-electron chi connectivity index (χ2n) is 4.74. The van der Waals surface area contributed by atoms with Crippen LogP contribution in [0.3, 0.4) is 0 Å². The van der Waals surface area contributed by atoms with Crippen molar-refractivity contribution in [1.29, 1.82) is 0 Å². The lowest BCUT2D eigenvalue weighted by Gasteiger charge is -2.17. The Morgan fingerprint density at radius 1 is 1.42 bits per heavy atom. The number of hydrogen-bond acceptors (Lipinski definition) is 2. The van der Waals surface area contributed by atoms with Crippen molar-refractivity contribution in [3.8, 4) is 0 Å². The minimum absolute atomic E-state index is 0.230. The van der Waals surface area contributed by atoms with Crippen LogP contribution < -0.4 is 5.32 Å². The first-order chi connectivity index (χ1) is 9.06. The molecule has 0 aliphatic carbocycles. The highest BCUT2D eigenvalue weighted by Gasteiger charge is 2.09. The molecule has 0 bridgehead atoms. The molecule has 2 rings (SSSR count). The Morgan fingerprint density at radius 3 is 2.89 bits per heavy atom. The van der Waals surface area contributed by atoms with Crippen LogP contribution in [0, 0.1) is 12.7 Å². The zero-order valence-electron chi connectivity index (χ0n) is 11.0. The summed E-state index contributed by atoms with van der Waals surface area (Å²) in [4.78, 5) is 0. The van der Waals surface area contributed by atoms with Crippen molar-refractivity contribution < 1.29 is 8.81 Å². The van der Waals surface area contributed by atoms with Crippen LogP contribution in [-0.4, -0.2) is 6.04 Å². The summed E-state index contributed by atoms with van der Waals surface area (Å²) in [5.41, 5.74) is 1.87. The van der Waals surface area contributed by atoms with Gasteiger partial charge in [-0.1, -0.05) is 0 Å². The molecule has 0 saturated carbocycles. The molecule has 4 heteroatoms. The van der Waals surface area contributed by atoms with Gasteiger partial charge in [-0.2, -0.15) is 0 Å². The minimum Gasteiger partial charge on any atom is -0.469 e. The first-order valence-electron chi connectivity index (χ1n) is 6.31. The van der Waals surface area contributed by atoms with E-state index in [1.165, 1.54) is 6.07 Å². The fourth-order valence-electron chi connectivity index (χ4n) is 1.95. The predicted octanol–water partition coefficient (Wildman–Crippen LogP) is 4.92. The first kappa shape index (κ1) is 14.1. The minimum atomic E-state index is -0.230. The highest BCUT2D eigenvalue weighted by molar-refractivity contribution is 9.10. The summed E-state index contributed by atoms with van der Waals surface area (Å²) in [6, 6.07) is 7.49. The van der Waals surface area contributed by atoms with Crippen LogP contribution in [0.2, 0.25) is 0 Å². The highest BCUT2D eigenvalue weighted by atomic mass is 79.9. The maximum absolute atomic E-state index is 13.3. The Balaban J connectivity index is 1.95. The third kappa shape index (κ3) is 3.83. The van der Waals surface area contributed by atoms with E-state index in [-0.39, 0.29) is 5.82 Å². The molecule has 0 saturated heterocycles. The van der Waals surface area contributed by atoms with Crippen molar-refractivity contribution >= 4 is 21.6 Å². The molecular formula is C15H17BrFNO.